The summed E-state index contributed by atoms with van der Waals surface area (Å²) < 4.78 is 0. The molecule has 1 nitrogen and oxygen atoms in total. The summed E-state index contributed by atoms with van der Waals surface area (Å²) in [6.07, 6.45) is 3.05. The number of hydrogen-bond acceptors (Lipinski definition) is 1. The summed E-state index contributed by atoms with van der Waals surface area (Å²) in [6.45, 7) is 10.9. The Morgan fingerprint density at radius 3 is 2.13 bits per heavy atom. The second-order valence-corrected chi connectivity index (χ2v) is 5.32. The van der Waals surface area contributed by atoms with Gasteiger partial charge in [0, 0.05) is 6.21 Å². The molecule has 0 fully saturated rings. The average molecular weight is 203 g/mol. The van der Waals surface area contributed by atoms with E-state index in [9.17, 15) is 0 Å². The summed E-state index contributed by atoms with van der Waals surface area (Å²) in [4.78, 5) is 4.57. The Morgan fingerprint density at radius 1 is 1.13 bits per heavy atom. The summed E-state index contributed by atoms with van der Waals surface area (Å²) in [5.74, 6) is 0. The number of rotatable bonds is 2. The summed E-state index contributed by atoms with van der Waals surface area (Å²) >= 11 is 0. The fourth-order valence-corrected chi connectivity index (χ4v) is 1.42. The molecule has 0 saturated carbocycles. The molecule has 0 saturated heterocycles. The lowest BCUT2D eigenvalue weighted by atomic mass is 9.93. The van der Waals surface area contributed by atoms with Crippen LogP contribution in [0.25, 0.3) is 0 Å². The van der Waals surface area contributed by atoms with Crippen molar-refractivity contribution in [2.45, 2.75) is 41.0 Å². The van der Waals surface area contributed by atoms with E-state index in [0.29, 0.717) is 5.41 Å². The predicted octanol–water partition coefficient (Wildman–Crippen LogP) is 4.44. The van der Waals surface area contributed by atoms with E-state index in [1.54, 1.807) is 0 Å². The molecule has 0 N–H and O–H groups in total. The first-order valence-corrected chi connectivity index (χ1v) is 5.49. The minimum absolute atomic E-state index is 0.320. The first-order chi connectivity index (χ1) is 6.90. The molecule has 0 heterocycles. The zero-order chi connectivity index (χ0) is 11.5. The lowest BCUT2D eigenvalue weighted by Crippen LogP contribution is -2.04. The van der Waals surface area contributed by atoms with Crippen molar-refractivity contribution in [2.24, 2.45) is 10.4 Å². The van der Waals surface area contributed by atoms with E-state index >= 15 is 0 Å². The molecule has 0 radical (unpaired) electrons. The molecule has 1 rings (SSSR count). The van der Waals surface area contributed by atoms with Gasteiger partial charge in [-0.25, -0.2) is 0 Å². The first kappa shape index (κ1) is 12.0. The summed E-state index contributed by atoms with van der Waals surface area (Å²) in [6, 6.07) is 6.29. The fraction of sp³-hybridized carbons (Fsp3) is 0.500. The van der Waals surface area contributed by atoms with Gasteiger partial charge in [-0.1, -0.05) is 39.0 Å². The molecular formula is C14H21N. The highest BCUT2D eigenvalue weighted by atomic mass is 14.7. The van der Waals surface area contributed by atoms with E-state index in [2.05, 4.69) is 57.8 Å². The highest BCUT2D eigenvalue weighted by Crippen LogP contribution is 2.23. The molecule has 0 spiro atoms. The van der Waals surface area contributed by atoms with Crippen LogP contribution < -0.4 is 0 Å². The normalized spacial score (nSPS) is 12.3. The van der Waals surface area contributed by atoms with Crippen LogP contribution in [0.5, 0.6) is 0 Å². The van der Waals surface area contributed by atoms with Crippen LogP contribution in [0.2, 0.25) is 0 Å². The highest BCUT2D eigenvalue weighted by Gasteiger charge is 2.07. The van der Waals surface area contributed by atoms with Crippen LogP contribution in [0.4, 0.5) is 5.69 Å². The van der Waals surface area contributed by atoms with Gasteiger partial charge in [-0.05, 0) is 36.8 Å². The maximum atomic E-state index is 4.57. The highest BCUT2D eigenvalue weighted by molar-refractivity contribution is 5.67. The van der Waals surface area contributed by atoms with Crippen molar-refractivity contribution in [3.05, 3.63) is 29.3 Å². The van der Waals surface area contributed by atoms with Crippen molar-refractivity contribution in [3.63, 3.8) is 0 Å². The Hall–Kier alpha value is -1.11. The summed E-state index contributed by atoms with van der Waals surface area (Å²) in [5.41, 5.74) is 3.95. The van der Waals surface area contributed by atoms with Crippen LogP contribution >= 0.6 is 0 Å². The van der Waals surface area contributed by atoms with Crippen LogP contribution in [0.15, 0.2) is 23.2 Å². The van der Waals surface area contributed by atoms with Crippen molar-refractivity contribution in [3.8, 4) is 0 Å². The topological polar surface area (TPSA) is 12.4 Å². The molecule has 0 aliphatic heterocycles. The maximum absolute atomic E-state index is 4.57. The van der Waals surface area contributed by atoms with E-state index in [-0.39, 0.29) is 0 Å². The Balaban J connectivity index is 2.81. The van der Waals surface area contributed by atoms with Gasteiger partial charge in [0.2, 0.25) is 0 Å². The molecule has 1 aromatic rings. The van der Waals surface area contributed by atoms with Gasteiger partial charge in [0.05, 0.1) is 5.69 Å². The Bertz CT molecular complexity index is 336. The number of aryl methyl sites for hydroxylation is 2. The third-order valence-corrected chi connectivity index (χ3v) is 2.36. The number of benzene rings is 1. The van der Waals surface area contributed by atoms with Gasteiger partial charge < -0.3 is 0 Å². The van der Waals surface area contributed by atoms with Gasteiger partial charge in [-0.2, -0.15) is 0 Å². The van der Waals surface area contributed by atoms with Crippen molar-refractivity contribution in [1.29, 1.82) is 0 Å². The van der Waals surface area contributed by atoms with Gasteiger partial charge in [-0.15, -0.1) is 0 Å². The number of aliphatic imine (C=N–C) groups is 1. The summed E-state index contributed by atoms with van der Waals surface area (Å²) in [5, 5.41) is 0. The minimum atomic E-state index is 0.320. The lowest BCUT2D eigenvalue weighted by Gasteiger charge is -2.14. The number of hydrogen-bond donors (Lipinski definition) is 0. The minimum Gasteiger partial charge on any atom is -0.261 e. The SMILES string of the molecule is Cc1cccc(C)c1N=CCC(C)(C)C. The van der Waals surface area contributed by atoms with Gasteiger partial charge in [0.15, 0.2) is 0 Å². The molecule has 0 unspecified atom stereocenters. The van der Waals surface area contributed by atoms with Crippen molar-refractivity contribution in [1.82, 2.24) is 0 Å². The van der Waals surface area contributed by atoms with Crippen LogP contribution in [0.3, 0.4) is 0 Å². The molecule has 0 aromatic heterocycles. The van der Waals surface area contributed by atoms with Crippen molar-refractivity contribution >= 4 is 11.9 Å². The monoisotopic (exact) mass is 203 g/mol. The van der Waals surface area contributed by atoms with Crippen LogP contribution in [0.1, 0.15) is 38.3 Å². The standard InChI is InChI=1S/C14H21N/c1-11-7-6-8-12(2)13(11)15-10-9-14(3,4)5/h6-8,10H,9H2,1-5H3. The van der Waals surface area contributed by atoms with Gasteiger partial charge in [-0.3, -0.25) is 4.99 Å². The van der Waals surface area contributed by atoms with Crippen molar-refractivity contribution in [2.75, 3.05) is 0 Å². The lowest BCUT2D eigenvalue weighted by molar-refractivity contribution is 0.437. The second kappa shape index (κ2) is 4.61. The van der Waals surface area contributed by atoms with Gasteiger partial charge in [0.25, 0.3) is 0 Å². The zero-order valence-corrected chi connectivity index (χ0v) is 10.5. The molecule has 0 aliphatic rings. The van der Waals surface area contributed by atoms with E-state index in [0.717, 1.165) is 12.1 Å². The van der Waals surface area contributed by atoms with E-state index in [1.165, 1.54) is 11.1 Å². The predicted molar refractivity (Wildman–Crippen MR) is 68.1 cm³/mol. The smallest absolute Gasteiger partial charge is 0.0683 e. The molecule has 0 aliphatic carbocycles. The van der Waals surface area contributed by atoms with Gasteiger partial charge in [0.1, 0.15) is 0 Å². The first-order valence-electron chi connectivity index (χ1n) is 5.49. The van der Waals surface area contributed by atoms with E-state index in [1.807, 2.05) is 6.21 Å². The molecule has 0 atom stereocenters. The molecule has 15 heavy (non-hydrogen) atoms. The Labute approximate surface area is 93.2 Å². The van der Waals surface area contributed by atoms with Gasteiger partial charge >= 0.3 is 0 Å². The fourth-order valence-electron chi connectivity index (χ4n) is 1.42. The summed E-state index contributed by atoms with van der Waals surface area (Å²) in [7, 11) is 0. The Morgan fingerprint density at radius 2 is 1.67 bits per heavy atom. The third kappa shape index (κ3) is 3.86. The molecule has 82 valence electrons. The second-order valence-electron chi connectivity index (χ2n) is 5.32. The van der Waals surface area contributed by atoms with E-state index in [4.69, 9.17) is 0 Å². The molecule has 0 amide bonds. The number of para-hydroxylation sites is 1. The van der Waals surface area contributed by atoms with E-state index < -0.39 is 0 Å². The average Bonchev–Trinajstić information content (AvgIpc) is 2.08. The Kier molecular flexibility index (Phi) is 3.67. The van der Waals surface area contributed by atoms with Crippen LogP contribution in [0, 0.1) is 19.3 Å². The molecule has 1 aromatic carbocycles. The van der Waals surface area contributed by atoms with Crippen LogP contribution in [-0.2, 0) is 0 Å². The zero-order valence-electron chi connectivity index (χ0n) is 10.5. The van der Waals surface area contributed by atoms with Crippen LogP contribution in [-0.4, -0.2) is 6.21 Å². The maximum Gasteiger partial charge on any atom is 0.0683 e. The third-order valence-electron chi connectivity index (χ3n) is 2.36. The number of nitrogens with zero attached hydrogens (tertiary/aromatic N) is 1. The quantitative estimate of drug-likeness (QED) is 0.630. The largest absolute Gasteiger partial charge is 0.261 e. The molecular weight excluding hydrogens is 182 g/mol. The molecule has 0 bridgehead atoms. The van der Waals surface area contributed by atoms with Crippen molar-refractivity contribution < 1.29 is 0 Å². The molecule has 1 heteroatoms.